The molecule has 5 nitrogen and oxygen atoms in total. The number of para-hydroxylation sites is 1. The van der Waals surface area contributed by atoms with E-state index in [1.807, 2.05) is 83.9 Å². The van der Waals surface area contributed by atoms with E-state index in [1.165, 1.54) is 10.9 Å². The molecule has 0 radical (unpaired) electrons. The first-order chi connectivity index (χ1) is 18.1. The zero-order valence-corrected chi connectivity index (χ0v) is 21.7. The van der Waals surface area contributed by atoms with Crippen molar-refractivity contribution in [1.82, 2.24) is 14.8 Å². The minimum absolute atomic E-state index is 0.00661. The molecule has 0 aliphatic carbocycles. The molecule has 2 amide bonds. The number of amides is 2. The van der Waals surface area contributed by atoms with Crippen molar-refractivity contribution in [1.29, 1.82) is 0 Å². The molecule has 1 heterocycles. The number of aromatic amines is 1. The number of aromatic nitrogens is 1. The third-order valence-electron chi connectivity index (χ3n) is 6.83. The number of benzene rings is 3. The lowest BCUT2D eigenvalue weighted by Crippen LogP contribution is -2.43. The standard InChI is InChI=1S/C32H37N3O2/c1-2-3-21-34(31(36)19-18-26-12-6-4-7-13-26)25-32(37)35(24-27-14-8-5-9-15-27)22-20-28-23-33-30-17-11-10-16-29(28)30/h4-17,23,33H,2-3,18-22,24-25H2,1H3. The van der Waals surface area contributed by atoms with Gasteiger partial charge in [0, 0.05) is 43.2 Å². The normalized spacial score (nSPS) is 10.9. The van der Waals surface area contributed by atoms with Crippen LogP contribution in [-0.4, -0.2) is 46.2 Å². The van der Waals surface area contributed by atoms with E-state index in [-0.39, 0.29) is 18.4 Å². The second-order valence-corrected chi connectivity index (χ2v) is 9.56. The summed E-state index contributed by atoms with van der Waals surface area (Å²) in [6.45, 7) is 3.96. The highest BCUT2D eigenvalue weighted by atomic mass is 16.2. The van der Waals surface area contributed by atoms with E-state index < -0.39 is 0 Å². The molecule has 0 saturated heterocycles. The summed E-state index contributed by atoms with van der Waals surface area (Å²) in [6.07, 6.45) is 5.75. The van der Waals surface area contributed by atoms with Gasteiger partial charge in [0.15, 0.2) is 0 Å². The number of nitrogens with one attached hydrogen (secondary N) is 1. The Hall–Kier alpha value is -3.86. The first kappa shape index (κ1) is 26.2. The Labute approximate surface area is 220 Å². The van der Waals surface area contributed by atoms with Crippen molar-refractivity contribution in [2.45, 2.75) is 45.6 Å². The van der Waals surface area contributed by atoms with Crippen LogP contribution >= 0.6 is 0 Å². The van der Waals surface area contributed by atoms with E-state index in [0.717, 1.165) is 35.9 Å². The summed E-state index contributed by atoms with van der Waals surface area (Å²) in [7, 11) is 0. The molecule has 4 aromatic rings. The van der Waals surface area contributed by atoms with Crippen LogP contribution in [0.15, 0.2) is 91.1 Å². The zero-order chi connectivity index (χ0) is 25.9. The van der Waals surface area contributed by atoms with Crippen LogP contribution in [0.4, 0.5) is 0 Å². The Kier molecular flexibility index (Phi) is 9.53. The van der Waals surface area contributed by atoms with Gasteiger partial charge in [-0.3, -0.25) is 9.59 Å². The van der Waals surface area contributed by atoms with Crippen LogP contribution in [0.3, 0.4) is 0 Å². The van der Waals surface area contributed by atoms with Crippen molar-refractivity contribution in [3.8, 4) is 0 Å². The lowest BCUT2D eigenvalue weighted by atomic mass is 10.1. The number of rotatable bonds is 13. The monoisotopic (exact) mass is 495 g/mol. The van der Waals surface area contributed by atoms with Gasteiger partial charge in [0.25, 0.3) is 0 Å². The van der Waals surface area contributed by atoms with Crippen molar-refractivity contribution in [3.05, 3.63) is 108 Å². The van der Waals surface area contributed by atoms with Crippen LogP contribution in [0.5, 0.6) is 0 Å². The molecule has 0 fully saturated rings. The van der Waals surface area contributed by atoms with Gasteiger partial charge >= 0.3 is 0 Å². The zero-order valence-electron chi connectivity index (χ0n) is 21.7. The largest absolute Gasteiger partial charge is 0.361 e. The summed E-state index contributed by atoms with van der Waals surface area (Å²) >= 11 is 0. The Balaban J connectivity index is 1.45. The molecule has 0 bridgehead atoms. The summed E-state index contributed by atoms with van der Waals surface area (Å²) in [5, 5.41) is 1.19. The number of hydrogen-bond acceptors (Lipinski definition) is 2. The third kappa shape index (κ3) is 7.56. The van der Waals surface area contributed by atoms with Gasteiger partial charge in [0.2, 0.25) is 11.8 Å². The molecule has 0 atom stereocenters. The predicted octanol–water partition coefficient (Wildman–Crippen LogP) is 6.00. The minimum atomic E-state index is -0.00661. The first-order valence-electron chi connectivity index (χ1n) is 13.3. The number of fused-ring (bicyclic) bond motifs is 1. The van der Waals surface area contributed by atoms with Crippen LogP contribution < -0.4 is 0 Å². The molecular formula is C32H37N3O2. The highest BCUT2D eigenvalue weighted by molar-refractivity contribution is 5.85. The maximum Gasteiger partial charge on any atom is 0.242 e. The fourth-order valence-electron chi connectivity index (χ4n) is 4.65. The number of carbonyl (C=O) groups excluding carboxylic acids is 2. The second kappa shape index (κ2) is 13.4. The summed E-state index contributed by atoms with van der Waals surface area (Å²) < 4.78 is 0. The maximum atomic E-state index is 13.6. The summed E-state index contributed by atoms with van der Waals surface area (Å²) in [5.41, 5.74) is 4.53. The second-order valence-electron chi connectivity index (χ2n) is 9.56. The van der Waals surface area contributed by atoms with E-state index in [2.05, 4.69) is 24.0 Å². The van der Waals surface area contributed by atoms with Crippen molar-refractivity contribution >= 4 is 22.7 Å². The fourth-order valence-corrected chi connectivity index (χ4v) is 4.65. The fraction of sp³-hybridized carbons (Fsp3) is 0.312. The van der Waals surface area contributed by atoms with Gasteiger partial charge in [-0.05, 0) is 42.0 Å². The molecule has 0 spiro atoms. The Morgan fingerprint density at radius 2 is 1.41 bits per heavy atom. The quantitative estimate of drug-likeness (QED) is 0.247. The number of unbranched alkanes of at least 4 members (excludes halogenated alkanes) is 1. The van der Waals surface area contributed by atoms with Crippen LogP contribution in [0.2, 0.25) is 0 Å². The van der Waals surface area contributed by atoms with Gasteiger partial charge in [-0.2, -0.15) is 0 Å². The molecule has 4 rings (SSSR count). The number of aryl methyl sites for hydroxylation is 1. The Morgan fingerprint density at radius 3 is 2.14 bits per heavy atom. The average molecular weight is 496 g/mol. The van der Waals surface area contributed by atoms with Crippen LogP contribution in [0.1, 0.15) is 42.9 Å². The average Bonchev–Trinajstić information content (AvgIpc) is 3.36. The van der Waals surface area contributed by atoms with E-state index >= 15 is 0 Å². The molecular weight excluding hydrogens is 458 g/mol. The summed E-state index contributed by atoms with van der Waals surface area (Å²) in [4.78, 5) is 33.8. The molecule has 37 heavy (non-hydrogen) atoms. The molecule has 0 saturated carbocycles. The number of carbonyl (C=O) groups is 2. The number of H-pyrrole nitrogens is 1. The SMILES string of the molecule is CCCCN(CC(=O)N(CCc1c[nH]c2ccccc12)Cc1ccccc1)C(=O)CCc1ccccc1. The molecule has 0 aliphatic heterocycles. The van der Waals surface area contributed by atoms with Crippen molar-refractivity contribution < 1.29 is 9.59 Å². The van der Waals surface area contributed by atoms with Crippen LogP contribution in [0.25, 0.3) is 10.9 Å². The van der Waals surface area contributed by atoms with Gasteiger partial charge in [0.1, 0.15) is 0 Å². The maximum absolute atomic E-state index is 13.6. The minimum Gasteiger partial charge on any atom is -0.361 e. The van der Waals surface area contributed by atoms with Gasteiger partial charge in [-0.1, -0.05) is 92.2 Å². The van der Waals surface area contributed by atoms with E-state index in [4.69, 9.17) is 0 Å². The Morgan fingerprint density at radius 1 is 0.730 bits per heavy atom. The van der Waals surface area contributed by atoms with E-state index in [9.17, 15) is 9.59 Å². The summed E-state index contributed by atoms with van der Waals surface area (Å²) in [5.74, 6) is 0.0369. The molecule has 3 aromatic carbocycles. The lowest BCUT2D eigenvalue weighted by Gasteiger charge is -2.28. The molecule has 1 aromatic heterocycles. The molecule has 192 valence electrons. The highest BCUT2D eigenvalue weighted by Crippen LogP contribution is 2.19. The van der Waals surface area contributed by atoms with Gasteiger partial charge in [0.05, 0.1) is 6.54 Å². The first-order valence-corrected chi connectivity index (χ1v) is 13.3. The van der Waals surface area contributed by atoms with Gasteiger partial charge in [-0.25, -0.2) is 0 Å². The molecule has 1 N–H and O–H groups in total. The lowest BCUT2D eigenvalue weighted by molar-refractivity contribution is -0.141. The van der Waals surface area contributed by atoms with Crippen molar-refractivity contribution in [2.75, 3.05) is 19.6 Å². The van der Waals surface area contributed by atoms with E-state index in [0.29, 0.717) is 32.5 Å². The molecule has 0 aliphatic rings. The van der Waals surface area contributed by atoms with Crippen LogP contribution in [0, 0.1) is 0 Å². The highest BCUT2D eigenvalue weighted by Gasteiger charge is 2.21. The number of nitrogens with zero attached hydrogens (tertiary/aromatic N) is 2. The van der Waals surface area contributed by atoms with E-state index in [1.54, 1.807) is 4.90 Å². The van der Waals surface area contributed by atoms with Crippen molar-refractivity contribution in [3.63, 3.8) is 0 Å². The third-order valence-corrected chi connectivity index (χ3v) is 6.83. The predicted molar refractivity (Wildman–Crippen MR) is 150 cm³/mol. The van der Waals surface area contributed by atoms with Crippen LogP contribution in [-0.2, 0) is 29.0 Å². The van der Waals surface area contributed by atoms with Gasteiger partial charge in [-0.15, -0.1) is 0 Å². The van der Waals surface area contributed by atoms with Crippen molar-refractivity contribution in [2.24, 2.45) is 0 Å². The molecule has 5 heteroatoms. The van der Waals surface area contributed by atoms with Gasteiger partial charge < -0.3 is 14.8 Å². The topological polar surface area (TPSA) is 56.4 Å². The molecule has 0 unspecified atom stereocenters. The number of hydrogen-bond donors (Lipinski definition) is 1. The Bertz CT molecular complexity index is 1270. The smallest absolute Gasteiger partial charge is 0.242 e. The summed E-state index contributed by atoms with van der Waals surface area (Å²) in [6, 6.07) is 28.4.